The lowest BCUT2D eigenvalue weighted by Gasteiger charge is -2.02. The highest BCUT2D eigenvalue weighted by Gasteiger charge is 1.97. The van der Waals surface area contributed by atoms with Gasteiger partial charge in [0.05, 0.1) is 12.7 Å². The van der Waals surface area contributed by atoms with Crippen LogP contribution in [-0.4, -0.2) is 23.8 Å². The molecule has 0 bridgehead atoms. The molecule has 0 saturated heterocycles. The lowest BCUT2D eigenvalue weighted by Crippen LogP contribution is -2.08. The predicted molar refractivity (Wildman–Crippen MR) is 37.5 cm³/mol. The van der Waals surface area contributed by atoms with Gasteiger partial charge in [-0.25, -0.2) is 4.79 Å². The van der Waals surface area contributed by atoms with Crippen LogP contribution in [0.4, 0.5) is 0 Å². The normalized spacial score (nSPS) is 12.2. The van der Waals surface area contributed by atoms with Crippen molar-refractivity contribution in [1.29, 1.82) is 0 Å². The van der Waals surface area contributed by atoms with Gasteiger partial charge in [0.1, 0.15) is 0 Å². The second-order valence-electron chi connectivity index (χ2n) is 2.01. The van der Waals surface area contributed by atoms with E-state index in [1.54, 1.807) is 6.92 Å². The Kier molecular flexibility index (Phi) is 4.58. The zero-order valence-corrected chi connectivity index (χ0v) is 6.04. The Morgan fingerprint density at radius 2 is 2.50 bits per heavy atom. The van der Waals surface area contributed by atoms with Gasteiger partial charge in [-0.05, 0) is 6.92 Å². The molecule has 0 aromatic rings. The summed E-state index contributed by atoms with van der Waals surface area (Å²) < 4.78 is 4.58. The van der Waals surface area contributed by atoms with Crippen molar-refractivity contribution in [2.75, 3.05) is 6.61 Å². The summed E-state index contributed by atoms with van der Waals surface area (Å²) >= 11 is 0. The molecule has 1 N–H and O–H groups in total. The molecule has 0 amide bonds. The van der Waals surface area contributed by atoms with E-state index in [-0.39, 0.29) is 6.61 Å². The second kappa shape index (κ2) is 4.99. The van der Waals surface area contributed by atoms with Crippen molar-refractivity contribution in [3.05, 3.63) is 12.7 Å². The summed E-state index contributed by atoms with van der Waals surface area (Å²) in [5, 5.41) is 8.72. The minimum atomic E-state index is -0.444. The van der Waals surface area contributed by atoms with Crippen molar-refractivity contribution in [2.45, 2.75) is 19.4 Å². The first-order chi connectivity index (χ1) is 4.66. The summed E-state index contributed by atoms with van der Waals surface area (Å²) in [5.41, 5.74) is 0. The maximum Gasteiger partial charge on any atom is 0.330 e. The van der Waals surface area contributed by atoms with E-state index in [9.17, 15) is 4.79 Å². The minimum absolute atomic E-state index is 0.252. The fraction of sp³-hybridized carbons (Fsp3) is 0.571. The van der Waals surface area contributed by atoms with Crippen LogP contribution in [0.2, 0.25) is 0 Å². The van der Waals surface area contributed by atoms with E-state index in [0.29, 0.717) is 6.42 Å². The molecule has 0 saturated carbocycles. The van der Waals surface area contributed by atoms with Crippen LogP contribution in [0.5, 0.6) is 0 Å². The lowest BCUT2D eigenvalue weighted by atomic mass is 10.3. The zero-order chi connectivity index (χ0) is 7.98. The van der Waals surface area contributed by atoms with E-state index in [4.69, 9.17) is 5.11 Å². The van der Waals surface area contributed by atoms with Gasteiger partial charge in [-0.2, -0.15) is 0 Å². The fourth-order valence-corrected chi connectivity index (χ4v) is 0.389. The standard InChI is InChI=1S/C7H12O3/c1-3-7(9)10-5-4-6(2)8/h3,6,8H,1,4-5H2,2H3/t6-/m0/s1. The number of carbonyl (C=O) groups is 1. The molecular weight excluding hydrogens is 132 g/mol. The van der Waals surface area contributed by atoms with Crippen molar-refractivity contribution < 1.29 is 14.6 Å². The number of carbonyl (C=O) groups excluding carboxylic acids is 1. The maximum atomic E-state index is 10.4. The molecule has 0 aliphatic rings. The molecule has 0 aliphatic heterocycles. The Balaban J connectivity index is 3.19. The summed E-state index contributed by atoms with van der Waals surface area (Å²) in [6.45, 7) is 5.11. The summed E-state index contributed by atoms with van der Waals surface area (Å²) in [6, 6.07) is 0. The van der Waals surface area contributed by atoms with E-state index in [0.717, 1.165) is 6.08 Å². The van der Waals surface area contributed by atoms with E-state index in [2.05, 4.69) is 11.3 Å². The third kappa shape index (κ3) is 5.31. The molecule has 3 nitrogen and oxygen atoms in total. The van der Waals surface area contributed by atoms with Crippen LogP contribution in [0.25, 0.3) is 0 Å². The number of aliphatic hydroxyl groups excluding tert-OH is 1. The molecule has 1 atom stereocenters. The fourth-order valence-electron chi connectivity index (χ4n) is 0.389. The number of esters is 1. The smallest absolute Gasteiger partial charge is 0.330 e. The number of hydrogen-bond donors (Lipinski definition) is 1. The third-order valence-electron chi connectivity index (χ3n) is 0.947. The Morgan fingerprint density at radius 1 is 1.90 bits per heavy atom. The van der Waals surface area contributed by atoms with E-state index >= 15 is 0 Å². The second-order valence-corrected chi connectivity index (χ2v) is 2.01. The highest BCUT2D eigenvalue weighted by Crippen LogP contribution is 1.90. The van der Waals surface area contributed by atoms with Gasteiger partial charge < -0.3 is 9.84 Å². The summed E-state index contributed by atoms with van der Waals surface area (Å²) in [7, 11) is 0. The van der Waals surface area contributed by atoms with Gasteiger partial charge in [-0.1, -0.05) is 6.58 Å². The summed E-state index contributed by atoms with van der Waals surface area (Å²) in [6.07, 6.45) is 1.15. The monoisotopic (exact) mass is 144 g/mol. The van der Waals surface area contributed by atoms with Crippen molar-refractivity contribution >= 4 is 5.97 Å². The number of hydrogen-bond acceptors (Lipinski definition) is 3. The maximum absolute atomic E-state index is 10.4. The molecule has 58 valence electrons. The third-order valence-corrected chi connectivity index (χ3v) is 0.947. The summed E-state index contributed by atoms with van der Waals surface area (Å²) in [5.74, 6) is -0.444. The molecule has 0 aliphatic carbocycles. The number of rotatable bonds is 4. The van der Waals surface area contributed by atoms with Gasteiger partial charge in [0.15, 0.2) is 0 Å². The zero-order valence-electron chi connectivity index (χ0n) is 6.04. The largest absolute Gasteiger partial charge is 0.462 e. The van der Waals surface area contributed by atoms with Gasteiger partial charge >= 0.3 is 5.97 Å². The SMILES string of the molecule is C=CC(=O)OCC[C@H](C)O. The Hall–Kier alpha value is -0.830. The first kappa shape index (κ1) is 9.17. The van der Waals surface area contributed by atoms with E-state index < -0.39 is 12.1 Å². The first-order valence-electron chi connectivity index (χ1n) is 3.14. The highest BCUT2D eigenvalue weighted by atomic mass is 16.5. The summed E-state index contributed by atoms with van der Waals surface area (Å²) in [4.78, 5) is 10.4. The predicted octanol–water partition coefficient (Wildman–Crippen LogP) is 0.486. The van der Waals surface area contributed by atoms with E-state index in [1.807, 2.05) is 0 Å². The van der Waals surface area contributed by atoms with Crippen LogP contribution >= 0.6 is 0 Å². The average molecular weight is 144 g/mol. The quantitative estimate of drug-likeness (QED) is 0.461. The molecule has 0 fully saturated rings. The van der Waals surface area contributed by atoms with Gasteiger partial charge in [-0.3, -0.25) is 0 Å². The van der Waals surface area contributed by atoms with Gasteiger partial charge in [-0.15, -0.1) is 0 Å². The molecule has 0 aromatic carbocycles. The van der Waals surface area contributed by atoms with Crippen LogP contribution in [0.15, 0.2) is 12.7 Å². The average Bonchev–Trinajstić information content (AvgIpc) is 1.87. The molecule has 0 heterocycles. The Labute approximate surface area is 60.3 Å². The molecule has 0 radical (unpaired) electrons. The molecule has 0 unspecified atom stereocenters. The molecule has 0 rings (SSSR count). The minimum Gasteiger partial charge on any atom is -0.462 e. The van der Waals surface area contributed by atoms with Crippen LogP contribution in [0.3, 0.4) is 0 Å². The van der Waals surface area contributed by atoms with Crippen molar-refractivity contribution in [1.82, 2.24) is 0 Å². The van der Waals surface area contributed by atoms with Gasteiger partial charge in [0.2, 0.25) is 0 Å². The topological polar surface area (TPSA) is 46.5 Å². The van der Waals surface area contributed by atoms with Crippen molar-refractivity contribution in [3.63, 3.8) is 0 Å². The van der Waals surface area contributed by atoms with Crippen molar-refractivity contribution in [2.24, 2.45) is 0 Å². The van der Waals surface area contributed by atoms with Crippen LogP contribution in [0, 0.1) is 0 Å². The number of ether oxygens (including phenoxy) is 1. The molecule has 0 aromatic heterocycles. The number of aliphatic hydroxyl groups is 1. The lowest BCUT2D eigenvalue weighted by molar-refractivity contribution is -0.138. The Bertz CT molecular complexity index is 118. The van der Waals surface area contributed by atoms with E-state index in [1.165, 1.54) is 0 Å². The molecule has 10 heavy (non-hydrogen) atoms. The van der Waals surface area contributed by atoms with Gasteiger partial charge in [0.25, 0.3) is 0 Å². The highest BCUT2D eigenvalue weighted by molar-refractivity contribution is 5.81. The first-order valence-corrected chi connectivity index (χ1v) is 3.14. The molecular formula is C7H12O3. The molecule has 0 spiro atoms. The van der Waals surface area contributed by atoms with Gasteiger partial charge in [0, 0.05) is 12.5 Å². The molecule has 3 heteroatoms. The van der Waals surface area contributed by atoms with Crippen molar-refractivity contribution in [3.8, 4) is 0 Å². The van der Waals surface area contributed by atoms with Crippen LogP contribution < -0.4 is 0 Å². The Morgan fingerprint density at radius 3 is 2.90 bits per heavy atom. The van der Waals surface area contributed by atoms with Crippen LogP contribution in [-0.2, 0) is 9.53 Å². The van der Waals surface area contributed by atoms with Crippen LogP contribution in [0.1, 0.15) is 13.3 Å².